The number of piperazine rings is 1. The lowest BCUT2D eigenvalue weighted by Gasteiger charge is -2.35. The Morgan fingerprint density at radius 1 is 0.972 bits per heavy atom. The number of nitrogens with zero attached hydrogens (tertiary/aromatic N) is 8. The molecule has 1 amide bonds. The van der Waals surface area contributed by atoms with Gasteiger partial charge >= 0.3 is 0 Å². The number of ether oxygens (including phenoxy) is 2. The molecule has 186 valence electrons. The molecule has 1 N–H and O–H groups in total. The summed E-state index contributed by atoms with van der Waals surface area (Å²) in [6.45, 7) is 4.03. The van der Waals surface area contributed by atoms with Crippen molar-refractivity contribution in [3.63, 3.8) is 0 Å². The number of rotatable bonds is 8. The summed E-state index contributed by atoms with van der Waals surface area (Å²) in [5.74, 6) is 2.47. The second-order valence-corrected chi connectivity index (χ2v) is 8.15. The van der Waals surface area contributed by atoms with Crippen LogP contribution in [0.25, 0.3) is 11.0 Å². The third-order valence-electron chi connectivity index (χ3n) is 6.08. The predicted octanol–water partition coefficient (Wildman–Crippen LogP) is 1.39. The monoisotopic (exact) mass is 489 g/mol. The van der Waals surface area contributed by atoms with E-state index >= 15 is 0 Å². The summed E-state index contributed by atoms with van der Waals surface area (Å²) in [5.41, 5.74) is 1.22. The van der Waals surface area contributed by atoms with Gasteiger partial charge in [0.1, 0.15) is 12.1 Å². The van der Waals surface area contributed by atoms with Crippen LogP contribution in [0, 0.1) is 0 Å². The first-order chi connectivity index (χ1) is 17.7. The number of carbonyl (C=O) groups excluding carboxylic acids is 1. The van der Waals surface area contributed by atoms with Gasteiger partial charge in [0.2, 0.25) is 5.95 Å². The van der Waals surface area contributed by atoms with Gasteiger partial charge in [-0.05, 0) is 24.3 Å². The summed E-state index contributed by atoms with van der Waals surface area (Å²) in [5, 5.41) is 8.31. The highest BCUT2D eigenvalue weighted by Crippen LogP contribution is 2.27. The van der Waals surface area contributed by atoms with Crippen LogP contribution in [-0.4, -0.2) is 82.6 Å². The lowest BCUT2D eigenvalue weighted by molar-refractivity contribution is 0.0951. The molecule has 12 heteroatoms. The standard InChI is InChI=1S/C24H27N9O3/c1-35-19-5-4-17(14-20(19)36-2)23(34)25-8-9-33-22-18(15-30-33)21(28-16-29-22)31-10-12-32(13-11-31)24-26-6-3-7-27-24/h3-7,14-16H,8-13H2,1-2H3,(H,25,34). The van der Waals surface area contributed by atoms with E-state index in [1.165, 1.54) is 7.11 Å². The van der Waals surface area contributed by atoms with Crippen molar-refractivity contribution in [2.75, 3.05) is 56.7 Å². The molecule has 1 fully saturated rings. The molecule has 0 radical (unpaired) electrons. The average Bonchev–Trinajstić information content (AvgIpc) is 3.36. The first-order valence-corrected chi connectivity index (χ1v) is 11.6. The molecule has 12 nitrogen and oxygen atoms in total. The zero-order chi connectivity index (χ0) is 24.9. The Hall–Kier alpha value is -4.48. The second-order valence-electron chi connectivity index (χ2n) is 8.15. The minimum Gasteiger partial charge on any atom is -0.493 e. The molecule has 4 aromatic rings. The number of nitrogens with one attached hydrogen (secondary N) is 1. The topological polar surface area (TPSA) is 123 Å². The fourth-order valence-electron chi connectivity index (χ4n) is 4.22. The smallest absolute Gasteiger partial charge is 0.251 e. The maximum atomic E-state index is 12.6. The molecule has 0 atom stereocenters. The molecule has 1 aliphatic heterocycles. The molecule has 0 unspecified atom stereocenters. The minimum atomic E-state index is -0.206. The van der Waals surface area contributed by atoms with Crippen LogP contribution in [0.4, 0.5) is 11.8 Å². The molecular formula is C24H27N9O3. The summed E-state index contributed by atoms with van der Waals surface area (Å²) in [6.07, 6.45) is 6.86. The Kier molecular flexibility index (Phi) is 6.74. The van der Waals surface area contributed by atoms with Crippen molar-refractivity contribution in [3.05, 3.63) is 54.7 Å². The van der Waals surface area contributed by atoms with Gasteiger partial charge < -0.3 is 24.6 Å². The van der Waals surface area contributed by atoms with Gasteiger partial charge in [0.25, 0.3) is 5.91 Å². The first kappa shape index (κ1) is 23.3. The van der Waals surface area contributed by atoms with Crippen LogP contribution < -0.4 is 24.6 Å². The molecule has 0 spiro atoms. The van der Waals surface area contributed by atoms with Crippen LogP contribution in [0.5, 0.6) is 11.5 Å². The van der Waals surface area contributed by atoms with Gasteiger partial charge in [-0.1, -0.05) is 0 Å². The number of carbonyl (C=O) groups is 1. The highest BCUT2D eigenvalue weighted by molar-refractivity contribution is 5.95. The van der Waals surface area contributed by atoms with E-state index in [2.05, 4.69) is 40.2 Å². The quantitative estimate of drug-likeness (QED) is 0.388. The molecule has 5 rings (SSSR count). The summed E-state index contributed by atoms with van der Waals surface area (Å²) >= 11 is 0. The highest BCUT2D eigenvalue weighted by Gasteiger charge is 2.22. The summed E-state index contributed by atoms with van der Waals surface area (Å²) in [7, 11) is 3.09. The number of hydrogen-bond acceptors (Lipinski definition) is 10. The molecule has 3 aromatic heterocycles. The average molecular weight is 490 g/mol. The van der Waals surface area contributed by atoms with E-state index in [4.69, 9.17) is 9.47 Å². The van der Waals surface area contributed by atoms with Gasteiger partial charge in [0.05, 0.1) is 32.3 Å². The number of anilines is 2. The predicted molar refractivity (Wildman–Crippen MR) is 134 cm³/mol. The fraction of sp³-hybridized carbons (Fsp3) is 0.333. The van der Waals surface area contributed by atoms with Crippen molar-refractivity contribution in [1.82, 2.24) is 35.0 Å². The maximum Gasteiger partial charge on any atom is 0.251 e. The molecule has 0 saturated carbocycles. The van der Waals surface area contributed by atoms with Gasteiger partial charge in [0.15, 0.2) is 17.1 Å². The normalized spacial score (nSPS) is 13.6. The van der Waals surface area contributed by atoms with Gasteiger partial charge in [-0.15, -0.1) is 0 Å². The van der Waals surface area contributed by atoms with Crippen LogP contribution in [0.3, 0.4) is 0 Å². The van der Waals surface area contributed by atoms with Gasteiger partial charge in [-0.3, -0.25) is 4.79 Å². The molecule has 0 aliphatic carbocycles. The van der Waals surface area contributed by atoms with Crippen LogP contribution in [0.15, 0.2) is 49.2 Å². The SMILES string of the molecule is COc1ccc(C(=O)NCCn2ncc3c(N4CCN(c5ncccn5)CC4)ncnc32)cc1OC. The number of aromatic nitrogens is 6. The second kappa shape index (κ2) is 10.4. The number of methoxy groups -OCH3 is 2. The minimum absolute atomic E-state index is 0.206. The molecule has 1 aliphatic rings. The van der Waals surface area contributed by atoms with Crippen molar-refractivity contribution in [2.24, 2.45) is 0 Å². The van der Waals surface area contributed by atoms with E-state index in [1.807, 2.05) is 6.07 Å². The van der Waals surface area contributed by atoms with Gasteiger partial charge in [0, 0.05) is 50.7 Å². The molecule has 36 heavy (non-hydrogen) atoms. The van der Waals surface area contributed by atoms with Crippen molar-refractivity contribution in [1.29, 1.82) is 0 Å². The Bertz CT molecular complexity index is 1340. The largest absolute Gasteiger partial charge is 0.493 e. The van der Waals surface area contributed by atoms with Crippen LogP contribution in [0.1, 0.15) is 10.4 Å². The molecule has 1 saturated heterocycles. The number of amides is 1. The highest BCUT2D eigenvalue weighted by atomic mass is 16.5. The number of benzene rings is 1. The third-order valence-corrected chi connectivity index (χ3v) is 6.08. The van der Waals surface area contributed by atoms with E-state index in [0.717, 1.165) is 49.0 Å². The van der Waals surface area contributed by atoms with Crippen molar-refractivity contribution in [2.45, 2.75) is 6.54 Å². The molecular weight excluding hydrogens is 462 g/mol. The lowest BCUT2D eigenvalue weighted by atomic mass is 10.2. The molecule has 4 heterocycles. The zero-order valence-corrected chi connectivity index (χ0v) is 20.2. The lowest BCUT2D eigenvalue weighted by Crippen LogP contribution is -2.47. The zero-order valence-electron chi connectivity index (χ0n) is 20.2. The summed E-state index contributed by atoms with van der Waals surface area (Å²) in [4.78, 5) is 34.7. The first-order valence-electron chi connectivity index (χ1n) is 11.6. The van der Waals surface area contributed by atoms with E-state index in [9.17, 15) is 4.79 Å². The third kappa shape index (κ3) is 4.69. The maximum absolute atomic E-state index is 12.6. The Labute approximate surface area is 207 Å². The molecule has 1 aromatic carbocycles. The van der Waals surface area contributed by atoms with E-state index < -0.39 is 0 Å². The Balaban J connectivity index is 1.22. The van der Waals surface area contributed by atoms with Gasteiger partial charge in [-0.25, -0.2) is 24.6 Å². The van der Waals surface area contributed by atoms with Crippen LogP contribution in [-0.2, 0) is 6.54 Å². The van der Waals surface area contributed by atoms with Crippen LogP contribution in [0.2, 0.25) is 0 Å². The van der Waals surface area contributed by atoms with Crippen molar-refractivity contribution < 1.29 is 14.3 Å². The summed E-state index contributed by atoms with van der Waals surface area (Å²) < 4.78 is 12.3. The van der Waals surface area contributed by atoms with Crippen LogP contribution >= 0.6 is 0 Å². The number of fused-ring (bicyclic) bond motifs is 1. The van der Waals surface area contributed by atoms with Crippen molar-refractivity contribution in [3.8, 4) is 11.5 Å². The van der Waals surface area contributed by atoms with E-state index in [1.54, 1.807) is 54.9 Å². The van der Waals surface area contributed by atoms with Gasteiger partial charge in [-0.2, -0.15) is 5.10 Å². The summed E-state index contributed by atoms with van der Waals surface area (Å²) in [6, 6.07) is 6.88. The van der Waals surface area contributed by atoms with E-state index in [-0.39, 0.29) is 5.91 Å². The molecule has 0 bridgehead atoms. The van der Waals surface area contributed by atoms with Crippen molar-refractivity contribution >= 4 is 28.7 Å². The Morgan fingerprint density at radius 2 is 1.72 bits per heavy atom. The Morgan fingerprint density at radius 3 is 2.47 bits per heavy atom. The number of hydrogen-bond donors (Lipinski definition) is 1. The fourth-order valence-corrected chi connectivity index (χ4v) is 4.22. The van der Waals surface area contributed by atoms with E-state index in [0.29, 0.717) is 30.2 Å².